The van der Waals surface area contributed by atoms with Gasteiger partial charge in [0.2, 0.25) is 10.0 Å². The van der Waals surface area contributed by atoms with E-state index in [1.54, 1.807) is 41.0 Å². The van der Waals surface area contributed by atoms with Crippen LogP contribution < -0.4 is 10.0 Å². The van der Waals surface area contributed by atoms with E-state index in [4.69, 9.17) is 16.6 Å². The fourth-order valence-electron chi connectivity index (χ4n) is 3.77. The molecule has 2 aromatic heterocycles. The molecule has 0 saturated carbocycles. The second-order valence-electron chi connectivity index (χ2n) is 8.05. The number of nitrogens with zero attached hydrogens (tertiary/aromatic N) is 3. The first-order valence-electron chi connectivity index (χ1n) is 11.1. The van der Waals surface area contributed by atoms with E-state index >= 15 is 0 Å². The molecule has 0 atom stereocenters. The predicted octanol–water partition coefficient (Wildman–Crippen LogP) is 5.90. The highest BCUT2D eigenvalue weighted by atomic mass is 79.9. The van der Waals surface area contributed by atoms with Gasteiger partial charge in [0.15, 0.2) is 5.65 Å². The van der Waals surface area contributed by atoms with Gasteiger partial charge < -0.3 is 5.32 Å². The first-order chi connectivity index (χ1) is 17.4. The number of sulfonamides is 1. The number of hydrogen-bond donors (Lipinski definition) is 2. The van der Waals surface area contributed by atoms with E-state index in [0.29, 0.717) is 17.2 Å². The van der Waals surface area contributed by atoms with Gasteiger partial charge >= 0.3 is 0 Å². The van der Waals surface area contributed by atoms with Gasteiger partial charge in [-0.25, -0.2) is 18.1 Å². The summed E-state index contributed by atoms with van der Waals surface area (Å²) in [7, 11) is -3.58. The van der Waals surface area contributed by atoms with Crippen molar-refractivity contribution in [3.63, 3.8) is 0 Å². The summed E-state index contributed by atoms with van der Waals surface area (Å²) in [6.07, 6.45) is 1.70. The smallest absolute Gasteiger partial charge is 0.240 e. The van der Waals surface area contributed by atoms with Gasteiger partial charge in [-0.3, -0.25) is 0 Å². The zero-order chi connectivity index (χ0) is 25.1. The lowest BCUT2D eigenvalue weighted by atomic mass is 10.1. The maximum Gasteiger partial charge on any atom is 0.240 e. The molecule has 3 aromatic carbocycles. The van der Waals surface area contributed by atoms with Crippen LogP contribution in [0.25, 0.3) is 16.9 Å². The molecule has 5 aromatic rings. The Morgan fingerprint density at radius 1 is 0.889 bits per heavy atom. The quantitative estimate of drug-likeness (QED) is 0.238. The van der Waals surface area contributed by atoms with Crippen LogP contribution in [0.5, 0.6) is 0 Å². The van der Waals surface area contributed by atoms with Crippen molar-refractivity contribution in [3.8, 4) is 11.3 Å². The van der Waals surface area contributed by atoms with Gasteiger partial charge in [-0.2, -0.15) is 9.61 Å². The van der Waals surface area contributed by atoms with E-state index in [0.717, 1.165) is 32.7 Å². The summed E-state index contributed by atoms with van der Waals surface area (Å²) in [5.74, 6) is 0.746. The molecule has 0 amide bonds. The number of rotatable bonds is 8. The minimum Gasteiger partial charge on any atom is -0.366 e. The molecule has 0 aliphatic heterocycles. The van der Waals surface area contributed by atoms with Gasteiger partial charge in [0.25, 0.3) is 0 Å². The number of fused-ring (bicyclic) bond motifs is 1. The summed E-state index contributed by atoms with van der Waals surface area (Å²) < 4.78 is 30.3. The Bertz CT molecular complexity index is 1640. The summed E-state index contributed by atoms with van der Waals surface area (Å²) in [6, 6.07) is 25.5. The molecule has 0 spiro atoms. The third-order valence-electron chi connectivity index (χ3n) is 5.56. The van der Waals surface area contributed by atoms with E-state index < -0.39 is 10.0 Å². The van der Waals surface area contributed by atoms with Crippen molar-refractivity contribution >= 4 is 49.0 Å². The molecular formula is C26H21BrClN5O2S. The van der Waals surface area contributed by atoms with Gasteiger partial charge in [0.1, 0.15) is 5.82 Å². The molecule has 0 bridgehead atoms. The maximum absolute atomic E-state index is 12.5. The molecule has 0 aliphatic rings. The van der Waals surface area contributed by atoms with Crippen LogP contribution >= 0.6 is 27.5 Å². The number of hydrogen-bond acceptors (Lipinski definition) is 5. The van der Waals surface area contributed by atoms with Crippen molar-refractivity contribution in [3.05, 3.63) is 112 Å². The lowest BCUT2D eigenvalue weighted by Crippen LogP contribution is -2.23. The average molecular weight is 583 g/mol. The van der Waals surface area contributed by atoms with E-state index in [2.05, 4.69) is 31.1 Å². The Balaban J connectivity index is 1.36. The second kappa shape index (κ2) is 10.4. The van der Waals surface area contributed by atoms with Crippen LogP contribution in [0.3, 0.4) is 0 Å². The zero-order valence-electron chi connectivity index (χ0n) is 18.9. The van der Waals surface area contributed by atoms with Crippen molar-refractivity contribution < 1.29 is 8.42 Å². The summed E-state index contributed by atoms with van der Waals surface area (Å²) in [5.41, 5.74) is 4.06. The Labute approximate surface area is 222 Å². The zero-order valence-corrected chi connectivity index (χ0v) is 22.1. The topological polar surface area (TPSA) is 88.4 Å². The number of nitrogens with one attached hydrogen (secondary N) is 2. The minimum absolute atomic E-state index is 0.188. The van der Waals surface area contributed by atoms with Crippen LogP contribution in [0.2, 0.25) is 5.02 Å². The third-order valence-corrected chi connectivity index (χ3v) is 7.87. The van der Waals surface area contributed by atoms with Crippen molar-refractivity contribution in [2.75, 3.05) is 5.32 Å². The van der Waals surface area contributed by atoms with Crippen molar-refractivity contribution in [2.24, 2.45) is 0 Å². The summed E-state index contributed by atoms with van der Waals surface area (Å²) >= 11 is 9.94. The van der Waals surface area contributed by atoms with Crippen LogP contribution in [0.15, 0.2) is 100 Å². The summed E-state index contributed by atoms with van der Waals surface area (Å²) in [4.78, 5) is 4.97. The first kappa shape index (κ1) is 24.5. The molecule has 5 rings (SSSR count). The highest BCUT2D eigenvalue weighted by Gasteiger charge is 2.14. The van der Waals surface area contributed by atoms with Crippen molar-refractivity contribution in [1.29, 1.82) is 0 Å². The molecule has 0 unspecified atom stereocenters. The largest absolute Gasteiger partial charge is 0.366 e. The Morgan fingerprint density at radius 3 is 2.39 bits per heavy atom. The predicted molar refractivity (Wildman–Crippen MR) is 145 cm³/mol. The summed E-state index contributed by atoms with van der Waals surface area (Å²) in [6.45, 7) is 0.686. The van der Waals surface area contributed by atoms with Crippen LogP contribution in [0, 0.1) is 0 Å². The molecule has 36 heavy (non-hydrogen) atoms. The molecule has 10 heteroatoms. The van der Waals surface area contributed by atoms with E-state index in [9.17, 15) is 8.42 Å². The molecule has 2 N–H and O–H groups in total. The maximum atomic E-state index is 12.5. The van der Waals surface area contributed by atoms with Crippen LogP contribution in [0.1, 0.15) is 11.1 Å². The molecule has 0 radical (unpaired) electrons. The molecule has 0 aliphatic carbocycles. The molecule has 0 fully saturated rings. The van der Waals surface area contributed by atoms with Crippen LogP contribution in [-0.4, -0.2) is 23.0 Å². The number of anilines is 1. The second-order valence-corrected chi connectivity index (χ2v) is 11.1. The summed E-state index contributed by atoms with van der Waals surface area (Å²) in [5, 5.41) is 8.47. The first-order valence-corrected chi connectivity index (χ1v) is 13.7. The van der Waals surface area contributed by atoms with Crippen molar-refractivity contribution in [2.45, 2.75) is 18.0 Å². The SMILES string of the molecule is O=S(=O)(NCc1cccc(CNc2cc(-c3ccccc3Cl)nc3c(Br)cnn23)c1)c1ccccc1. The number of benzene rings is 3. The van der Waals surface area contributed by atoms with E-state index in [1.165, 1.54) is 0 Å². The Morgan fingerprint density at radius 2 is 1.61 bits per heavy atom. The van der Waals surface area contributed by atoms with Crippen LogP contribution in [-0.2, 0) is 23.1 Å². The highest BCUT2D eigenvalue weighted by molar-refractivity contribution is 9.10. The van der Waals surface area contributed by atoms with E-state index in [1.807, 2.05) is 54.6 Å². The molecule has 2 heterocycles. The van der Waals surface area contributed by atoms with Crippen molar-refractivity contribution in [1.82, 2.24) is 19.3 Å². The minimum atomic E-state index is -3.58. The van der Waals surface area contributed by atoms with E-state index in [-0.39, 0.29) is 11.4 Å². The van der Waals surface area contributed by atoms with Gasteiger partial charge in [0, 0.05) is 29.7 Å². The molecule has 0 saturated heterocycles. The van der Waals surface area contributed by atoms with Gasteiger partial charge in [-0.1, -0.05) is 72.3 Å². The van der Waals surface area contributed by atoms with Gasteiger partial charge in [-0.15, -0.1) is 0 Å². The fraction of sp³-hybridized carbons (Fsp3) is 0.0769. The average Bonchev–Trinajstić information content (AvgIpc) is 3.28. The lowest BCUT2D eigenvalue weighted by Gasteiger charge is -2.13. The number of aromatic nitrogens is 3. The molecule has 7 nitrogen and oxygen atoms in total. The number of halogens is 2. The van der Waals surface area contributed by atoms with Gasteiger partial charge in [0.05, 0.1) is 21.3 Å². The molecule has 182 valence electrons. The lowest BCUT2D eigenvalue weighted by molar-refractivity contribution is 0.581. The van der Waals surface area contributed by atoms with Gasteiger partial charge in [-0.05, 0) is 45.3 Å². The third kappa shape index (κ3) is 5.29. The Hall–Kier alpha value is -3.24. The molecular weight excluding hydrogens is 562 g/mol. The monoisotopic (exact) mass is 581 g/mol. The highest BCUT2D eigenvalue weighted by Crippen LogP contribution is 2.30. The standard InChI is InChI=1S/C26H21BrClN5O2S/c27-22-17-30-33-25(14-24(32-26(22)33)21-11-4-5-12-23(21)28)29-15-18-7-6-8-19(13-18)16-31-36(34,35)20-9-2-1-3-10-20/h1-14,17,29,31H,15-16H2. The van der Waals surface area contributed by atoms with Crippen LogP contribution in [0.4, 0.5) is 5.82 Å². The fourth-order valence-corrected chi connectivity index (χ4v) is 5.39. The normalized spacial score (nSPS) is 11.6. The Kier molecular flexibility index (Phi) is 7.06.